The molecule has 0 aliphatic carbocycles. The highest BCUT2D eigenvalue weighted by atomic mass is 32.2. The Morgan fingerprint density at radius 2 is 2.04 bits per heavy atom. The van der Waals surface area contributed by atoms with E-state index in [0.717, 1.165) is 0 Å². The van der Waals surface area contributed by atoms with Gasteiger partial charge < -0.3 is 9.80 Å². The Bertz CT molecular complexity index is 594. The molecule has 126 valence electrons. The number of carbonyl (C=O) groups excluding carboxylic acids is 2. The standard InChI is InChI=1S/C17H23FN2O2S/c1-11(2)15(21)19(4)9-10-20-16(22)12(3)23-17(20)13-7-5-6-8-14(13)18/h5-8,11-12,17H,9-10H2,1-4H3/t12-,17+/m0/s1. The molecule has 0 saturated carbocycles. The summed E-state index contributed by atoms with van der Waals surface area (Å²) < 4.78 is 14.1. The Kier molecular flexibility index (Phi) is 5.68. The number of thioether (sulfide) groups is 1. The molecule has 23 heavy (non-hydrogen) atoms. The number of carbonyl (C=O) groups is 2. The minimum atomic E-state index is -0.332. The Balaban J connectivity index is 2.13. The van der Waals surface area contributed by atoms with E-state index in [1.54, 1.807) is 35.0 Å². The van der Waals surface area contributed by atoms with Crippen molar-refractivity contribution in [1.29, 1.82) is 0 Å². The van der Waals surface area contributed by atoms with Crippen molar-refractivity contribution in [3.63, 3.8) is 0 Å². The lowest BCUT2D eigenvalue weighted by Crippen LogP contribution is -2.40. The molecule has 1 aromatic rings. The van der Waals surface area contributed by atoms with E-state index < -0.39 is 0 Å². The van der Waals surface area contributed by atoms with Gasteiger partial charge in [0.15, 0.2) is 0 Å². The van der Waals surface area contributed by atoms with E-state index in [0.29, 0.717) is 18.7 Å². The zero-order chi connectivity index (χ0) is 17.1. The van der Waals surface area contributed by atoms with Gasteiger partial charge in [0.25, 0.3) is 0 Å². The second-order valence-electron chi connectivity index (χ2n) is 6.10. The maximum Gasteiger partial charge on any atom is 0.236 e. The largest absolute Gasteiger partial charge is 0.344 e. The molecule has 1 saturated heterocycles. The summed E-state index contributed by atoms with van der Waals surface area (Å²) >= 11 is 1.45. The van der Waals surface area contributed by atoms with E-state index >= 15 is 0 Å². The van der Waals surface area contributed by atoms with Gasteiger partial charge in [0.1, 0.15) is 11.2 Å². The molecule has 0 radical (unpaired) electrons. The third-order valence-corrected chi connectivity index (χ3v) is 5.34. The summed E-state index contributed by atoms with van der Waals surface area (Å²) in [5.74, 6) is -0.345. The molecule has 1 aliphatic heterocycles. The van der Waals surface area contributed by atoms with Crippen LogP contribution in [0.3, 0.4) is 0 Å². The van der Waals surface area contributed by atoms with Crippen molar-refractivity contribution in [2.24, 2.45) is 5.92 Å². The molecule has 1 fully saturated rings. The quantitative estimate of drug-likeness (QED) is 0.829. The van der Waals surface area contributed by atoms with Crippen molar-refractivity contribution in [2.75, 3.05) is 20.1 Å². The Labute approximate surface area is 141 Å². The van der Waals surface area contributed by atoms with Crippen LogP contribution in [0.25, 0.3) is 0 Å². The second-order valence-corrected chi connectivity index (χ2v) is 7.52. The first-order chi connectivity index (χ1) is 10.8. The van der Waals surface area contributed by atoms with Crippen LogP contribution in [0.2, 0.25) is 0 Å². The molecule has 0 spiro atoms. The number of benzene rings is 1. The Morgan fingerprint density at radius 3 is 2.65 bits per heavy atom. The molecule has 0 bridgehead atoms. The fourth-order valence-corrected chi connectivity index (χ4v) is 3.96. The van der Waals surface area contributed by atoms with Crippen molar-refractivity contribution in [3.8, 4) is 0 Å². The van der Waals surface area contributed by atoms with Crippen LogP contribution in [0.5, 0.6) is 0 Å². The van der Waals surface area contributed by atoms with E-state index in [4.69, 9.17) is 0 Å². The van der Waals surface area contributed by atoms with Gasteiger partial charge in [0.2, 0.25) is 11.8 Å². The van der Waals surface area contributed by atoms with Crippen LogP contribution in [0.15, 0.2) is 24.3 Å². The van der Waals surface area contributed by atoms with Crippen molar-refractivity contribution < 1.29 is 14.0 Å². The van der Waals surface area contributed by atoms with Crippen LogP contribution < -0.4 is 0 Å². The molecule has 2 atom stereocenters. The number of rotatable bonds is 5. The average molecular weight is 338 g/mol. The van der Waals surface area contributed by atoms with Crippen molar-refractivity contribution >= 4 is 23.6 Å². The summed E-state index contributed by atoms with van der Waals surface area (Å²) in [5.41, 5.74) is 0.521. The molecule has 1 aliphatic rings. The van der Waals surface area contributed by atoms with Crippen molar-refractivity contribution in [2.45, 2.75) is 31.4 Å². The molecule has 6 heteroatoms. The maximum absolute atomic E-state index is 14.1. The molecule has 0 aromatic heterocycles. The smallest absolute Gasteiger partial charge is 0.236 e. The number of hydrogen-bond acceptors (Lipinski definition) is 3. The molecular weight excluding hydrogens is 315 g/mol. The molecule has 1 heterocycles. The monoisotopic (exact) mass is 338 g/mol. The summed E-state index contributed by atoms with van der Waals surface area (Å²) in [7, 11) is 1.73. The summed E-state index contributed by atoms with van der Waals surface area (Å²) in [6.45, 7) is 6.38. The third kappa shape index (κ3) is 3.86. The van der Waals surface area contributed by atoms with Crippen molar-refractivity contribution in [1.82, 2.24) is 9.80 Å². The Morgan fingerprint density at radius 1 is 1.39 bits per heavy atom. The first kappa shape index (κ1) is 17.8. The maximum atomic E-state index is 14.1. The van der Waals surface area contributed by atoms with Gasteiger partial charge in [-0.25, -0.2) is 4.39 Å². The third-order valence-electron chi connectivity index (χ3n) is 3.96. The van der Waals surface area contributed by atoms with E-state index in [2.05, 4.69) is 0 Å². The van der Waals surface area contributed by atoms with Gasteiger partial charge in [-0.1, -0.05) is 32.0 Å². The second kappa shape index (κ2) is 7.34. The summed E-state index contributed by atoms with van der Waals surface area (Å²) in [4.78, 5) is 27.7. The van der Waals surface area contributed by atoms with Gasteiger partial charge in [-0.2, -0.15) is 0 Å². The first-order valence-corrected chi connectivity index (χ1v) is 8.72. The summed E-state index contributed by atoms with van der Waals surface area (Å²) in [6.07, 6.45) is 0. The highest BCUT2D eigenvalue weighted by Gasteiger charge is 2.39. The van der Waals surface area contributed by atoms with E-state index in [1.165, 1.54) is 17.8 Å². The van der Waals surface area contributed by atoms with Crippen LogP contribution >= 0.6 is 11.8 Å². The van der Waals surface area contributed by atoms with Crippen LogP contribution in [-0.2, 0) is 9.59 Å². The predicted octanol–water partition coefficient (Wildman–Crippen LogP) is 2.90. The number of likely N-dealkylation sites (N-methyl/N-ethyl adjacent to an activating group) is 1. The van der Waals surface area contributed by atoms with Gasteiger partial charge in [-0.05, 0) is 13.0 Å². The van der Waals surface area contributed by atoms with Gasteiger partial charge in [0.05, 0.1) is 5.25 Å². The van der Waals surface area contributed by atoms with Gasteiger partial charge in [-0.3, -0.25) is 9.59 Å². The lowest BCUT2D eigenvalue weighted by molar-refractivity contribution is -0.135. The van der Waals surface area contributed by atoms with Crippen LogP contribution in [0.4, 0.5) is 4.39 Å². The lowest BCUT2D eigenvalue weighted by Gasteiger charge is -2.27. The van der Waals surface area contributed by atoms with Crippen molar-refractivity contribution in [3.05, 3.63) is 35.6 Å². The normalized spacial score (nSPS) is 21.1. The lowest BCUT2D eigenvalue weighted by atomic mass is 10.2. The number of nitrogens with zero attached hydrogens (tertiary/aromatic N) is 2. The number of amides is 2. The van der Waals surface area contributed by atoms with E-state index in [1.807, 2.05) is 20.8 Å². The fourth-order valence-electron chi connectivity index (χ4n) is 2.63. The topological polar surface area (TPSA) is 40.6 Å². The van der Waals surface area contributed by atoms with E-state index in [-0.39, 0.29) is 34.2 Å². The number of halogens is 1. The Hall–Kier alpha value is -1.56. The first-order valence-electron chi connectivity index (χ1n) is 7.78. The van der Waals surface area contributed by atoms with Gasteiger partial charge in [-0.15, -0.1) is 11.8 Å². The highest BCUT2D eigenvalue weighted by Crippen LogP contribution is 2.43. The zero-order valence-electron chi connectivity index (χ0n) is 14.0. The molecule has 0 unspecified atom stereocenters. The van der Waals surface area contributed by atoms with Crippen LogP contribution in [0, 0.1) is 11.7 Å². The molecule has 4 nitrogen and oxygen atoms in total. The summed E-state index contributed by atoms with van der Waals surface area (Å²) in [6, 6.07) is 6.55. The number of hydrogen-bond donors (Lipinski definition) is 0. The summed E-state index contributed by atoms with van der Waals surface area (Å²) in [5, 5.41) is -0.535. The molecule has 2 rings (SSSR count). The zero-order valence-corrected chi connectivity index (χ0v) is 14.8. The molecular formula is C17H23FN2O2S. The average Bonchev–Trinajstić information content (AvgIpc) is 2.79. The SMILES string of the molecule is CC(C)C(=O)N(C)CCN1C(=O)[C@H](C)S[C@@H]1c1ccccc1F. The molecule has 2 amide bonds. The minimum absolute atomic E-state index is 0.00588. The molecule has 1 aromatic carbocycles. The van der Waals surface area contributed by atoms with E-state index in [9.17, 15) is 14.0 Å². The molecule has 0 N–H and O–H groups in total. The fraction of sp³-hybridized carbons (Fsp3) is 0.529. The predicted molar refractivity (Wildman–Crippen MR) is 90.4 cm³/mol. The van der Waals surface area contributed by atoms with Gasteiger partial charge in [0, 0.05) is 31.6 Å². The van der Waals surface area contributed by atoms with Crippen LogP contribution in [-0.4, -0.2) is 47.0 Å². The highest BCUT2D eigenvalue weighted by molar-refractivity contribution is 8.01. The van der Waals surface area contributed by atoms with Gasteiger partial charge >= 0.3 is 0 Å². The van der Waals surface area contributed by atoms with Crippen LogP contribution in [0.1, 0.15) is 31.7 Å². The minimum Gasteiger partial charge on any atom is -0.344 e.